The van der Waals surface area contributed by atoms with Gasteiger partial charge in [0.15, 0.2) is 5.96 Å². The zero-order valence-corrected chi connectivity index (χ0v) is 16.9. The molecule has 2 rings (SSSR count). The van der Waals surface area contributed by atoms with Gasteiger partial charge in [-0.1, -0.05) is 19.9 Å². The number of thiophene rings is 1. The van der Waals surface area contributed by atoms with Crippen LogP contribution in [0.5, 0.6) is 0 Å². The zero-order valence-electron chi connectivity index (χ0n) is 13.8. The van der Waals surface area contributed by atoms with E-state index < -0.39 is 0 Å². The third kappa shape index (κ3) is 5.70. The van der Waals surface area contributed by atoms with Crippen molar-refractivity contribution in [1.29, 1.82) is 0 Å². The Bertz CT molecular complexity index is 447. The second-order valence-corrected chi connectivity index (χ2v) is 7.32. The molecule has 1 aliphatic rings. The van der Waals surface area contributed by atoms with Gasteiger partial charge in [-0.25, -0.2) is 0 Å². The molecule has 1 saturated heterocycles. The van der Waals surface area contributed by atoms with Crippen LogP contribution in [0, 0.1) is 11.8 Å². The van der Waals surface area contributed by atoms with Gasteiger partial charge in [-0.2, -0.15) is 0 Å². The first-order valence-electron chi connectivity index (χ1n) is 7.85. The minimum atomic E-state index is 0. The van der Waals surface area contributed by atoms with Gasteiger partial charge in [-0.05, 0) is 49.7 Å². The molecule has 1 aromatic rings. The Morgan fingerprint density at radius 2 is 2.32 bits per heavy atom. The van der Waals surface area contributed by atoms with E-state index in [1.54, 1.807) is 0 Å². The molecule has 0 radical (unpaired) electrons. The number of nitrogens with two attached hydrogens (primary N) is 1. The molecule has 1 aromatic heterocycles. The fraction of sp³-hybridized carbons (Fsp3) is 0.688. The standard InChI is InChI=1S/C16H28N4S.HI/c1-12(2)10-18-16(17)19-11-13-6-4-8-20(3)15(13)14-7-5-9-21-14;/h5,7,9,12-13,15H,4,6,8,10-11H2,1-3H3,(H3,17,18,19);1H. The van der Waals surface area contributed by atoms with E-state index in [0.717, 1.165) is 13.1 Å². The summed E-state index contributed by atoms with van der Waals surface area (Å²) in [6.07, 6.45) is 2.51. The van der Waals surface area contributed by atoms with Gasteiger partial charge < -0.3 is 11.1 Å². The van der Waals surface area contributed by atoms with Gasteiger partial charge >= 0.3 is 0 Å². The monoisotopic (exact) mass is 436 g/mol. The van der Waals surface area contributed by atoms with Gasteiger partial charge in [0.25, 0.3) is 0 Å². The number of nitrogens with one attached hydrogen (secondary N) is 1. The lowest BCUT2D eigenvalue weighted by atomic mass is 9.88. The Morgan fingerprint density at radius 1 is 1.55 bits per heavy atom. The van der Waals surface area contributed by atoms with Crippen LogP contribution in [-0.4, -0.2) is 37.5 Å². The molecule has 0 bridgehead atoms. The Balaban J connectivity index is 0.00000242. The highest BCUT2D eigenvalue weighted by Gasteiger charge is 2.30. The number of hydrogen-bond donors (Lipinski definition) is 2. The summed E-state index contributed by atoms with van der Waals surface area (Å²) in [7, 11) is 2.23. The number of piperidine rings is 1. The van der Waals surface area contributed by atoms with Gasteiger partial charge in [-0.3, -0.25) is 9.89 Å². The van der Waals surface area contributed by atoms with Crippen molar-refractivity contribution in [3.05, 3.63) is 22.4 Å². The van der Waals surface area contributed by atoms with Crippen molar-refractivity contribution in [2.45, 2.75) is 32.7 Å². The maximum absolute atomic E-state index is 5.97. The summed E-state index contributed by atoms with van der Waals surface area (Å²) in [6, 6.07) is 4.90. The summed E-state index contributed by atoms with van der Waals surface area (Å²) in [4.78, 5) is 8.32. The van der Waals surface area contributed by atoms with Crippen LogP contribution in [-0.2, 0) is 0 Å². The average molecular weight is 436 g/mol. The van der Waals surface area contributed by atoms with Crippen molar-refractivity contribution < 1.29 is 0 Å². The molecular formula is C16H29IN4S. The Hall–Kier alpha value is -0.340. The smallest absolute Gasteiger partial charge is 0.188 e. The van der Waals surface area contributed by atoms with E-state index in [4.69, 9.17) is 5.73 Å². The molecule has 2 atom stereocenters. The summed E-state index contributed by atoms with van der Waals surface area (Å²) in [6.45, 7) is 7.17. The second-order valence-electron chi connectivity index (χ2n) is 6.34. The van der Waals surface area contributed by atoms with E-state index in [-0.39, 0.29) is 24.0 Å². The summed E-state index contributed by atoms with van der Waals surface area (Å²) < 4.78 is 0. The molecule has 6 heteroatoms. The van der Waals surface area contributed by atoms with Crippen molar-refractivity contribution in [2.75, 3.05) is 26.7 Å². The van der Waals surface area contributed by atoms with Crippen molar-refractivity contribution in [3.63, 3.8) is 0 Å². The average Bonchev–Trinajstić information content (AvgIpc) is 2.96. The highest BCUT2D eigenvalue weighted by atomic mass is 127. The van der Waals surface area contributed by atoms with Gasteiger partial charge in [-0.15, -0.1) is 35.3 Å². The molecule has 1 aliphatic heterocycles. The summed E-state index contributed by atoms with van der Waals surface area (Å²) in [5, 5.41) is 5.49. The number of nitrogens with zero attached hydrogens (tertiary/aromatic N) is 2. The van der Waals surface area contributed by atoms with Crippen LogP contribution in [0.4, 0.5) is 0 Å². The number of aliphatic imine (C=N–C) groups is 1. The van der Waals surface area contributed by atoms with Crippen molar-refractivity contribution in [3.8, 4) is 0 Å². The maximum atomic E-state index is 5.97. The van der Waals surface area contributed by atoms with Crippen LogP contribution in [0.25, 0.3) is 0 Å². The molecule has 0 spiro atoms. The normalized spacial score (nSPS) is 23.4. The first kappa shape index (κ1) is 19.7. The number of guanidine groups is 1. The van der Waals surface area contributed by atoms with E-state index in [1.807, 2.05) is 11.3 Å². The molecule has 126 valence electrons. The van der Waals surface area contributed by atoms with Gasteiger partial charge in [0, 0.05) is 24.0 Å². The lowest BCUT2D eigenvalue weighted by Crippen LogP contribution is -2.43. The molecule has 22 heavy (non-hydrogen) atoms. The topological polar surface area (TPSA) is 53.6 Å². The first-order chi connectivity index (χ1) is 10.1. The van der Waals surface area contributed by atoms with Crippen molar-refractivity contribution in [2.24, 2.45) is 22.6 Å². The molecule has 2 heterocycles. The Labute approximate surface area is 155 Å². The van der Waals surface area contributed by atoms with Crippen LogP contribution in [0.2, 0.25) is 0 Å². The SMILES string of the molecule is CC(C)CN=C(N)NCC1CCCN(C)C1c1cccs1.I. The van der Waals surface area contributed by atoms with Crippen LogP contribution >= 0.6 is 35.3 Å². The molecule has 0 aromatic carbocycles. The highest BCUT2D eigenvalue weighted by molar-refractivity contribution is 14.0. The van der Waals surface area contributed by atoms with E-state index in [9.17, 15) is 0 Å². The quantitative estimate of drug-likeness (QED) is 0.423. The number of halogens is 1. The predicted molar refractivity (Wildman–Crippen MR) is 107 cm³/mol. The molecule has 0 amide bonds. The summed E-state index contributed by atoms with van der Waals surface area (Å²) in [5.74, 6) is 1.72. The second kappa shape index (κ2) is 9.72. The van der Waals surface area contributed by atoms with Crippen LogP contribution in [0.15, 0.2) is 22.5 Å². The largest absolute Gasteiger partial charge is 0.370 e. The number of hydrogen-bond acceptors (Lipinski definition) is 3. The minimum Gasteiger partial charge on any atom is -0.370 e. The fourth-order valence-electron chi connectivity index (χ4n) is 2.95. The Morgan fingerprint density at radius 3 is 2.95 bits per heavy atom. The third-order valence-electron chi connectivity index (χ3n) is 4.01. The van der Waals surface area contributed by atoms with Crippen molar-refractivity contribution in [1.82, 2.24) is 10.2 Å². The predicted octanol–water partition coefficient (Wildman–Crippen LogP) is 3.31. The molecular weight excluding hydrogens is 407 g/mol. The van der Waals surface area contributed by atoms with E-state index in [1.165, 1.54) is 24.3 Å². The van der Waals surface area contributed by atoms with Crippen LogP contribution in [0.3, 0.4) is 0 Å². The summed E-state index contributed by atoms with van der Waals surface area (Å²) in [5.41, 5.74) is 5.97. The number of likely N-dealkylation sites (tertiary alicyclic amines) is 1. The minimum absolute atomic E-state index is 0. The maximum Gasteiger partial charge on any atom is 0.188 e. The van der Waals surface area contributed by atoms with E-state index in [2.05, 4.69) is 53.6 Å². The summed E-state index contributed by atoms with van der Waals surface area (Å²) >= 11 is 1.85. The fourth-order valence-corrected chi connectivity index (χ4v) is 3.94. The van der Waals surface area contributed by atoms with Gasteiger partial charge in [0.1, 0.15) is 0 Å². The Kier molecular flexibility index (Phi) is 8.71. The zero-order chi connectivity index (χ0) is 15.2. The molecule has 0 aliphatic carbocycles. The lowest BCUT2D eigenvalue weighted by molar-refractivity contribution is 0.125. The molecule has 1 fully saturated rings. The number of rotatable bonds is 5. The van der Waals surface area contributed by atoms with E-state index >= 15 is 0 Å². The highest BCUT2D eigenvalue weighted by Crippen LogP contribution is 2.36. The molecule has 3 N–H and O–H groups in total. The van der Waals surface area contributed by atoms with Crippen molar-refractivity contribution >= 4 is 41.3 Å². The van der Waals surface area contributed by atoms with Gasteiger partial charge in [0.2, 0.25) is 0 Å². The van der Waals surface area contributed by atoms with Crippen LogP contribution < -0.4 is 11.1 Å². The molecule has 0 saturated carbocycles. The first-order valence-corrected chi connectivity index (χ1v) is 8.73. The van der Waals surface area contributed by atoms with Gasteiger partial charge in [0.05, 0.1) is 0 Å². The van der Waals surface area contributed by atoms with Crippen LogP contribution in [0.1, 0.15) is 37.6 Å². The third-order valence-corrected chi connectivity index (χ3v) is 4.96. The molecule has 4 nitrogen and oxygen atoms in total. The molecule has 2 unspecified atom stereocenters. The van der Waals surface area contributed by atoms with E-state index in [0.29, 0.717) is 23.8 Å². The lowest BCUT2D eigenvalue weighted by Gasteiger charge is -2.39.